The van der Waals surface area contributed by atoms with E-state index in [1.54, 1.807) is 0 Å². The van der Waals surface area contributed by atoms with E-state index in [-0.39, 0.29) is 36.2 Å². The Labute approximate surface area is 118 Å². The normalized spacial score (nSPS) is 29.9. The summed E-state index contributed by atoms with van der Waals surface area (Å²) in [5.41, 5.74) is 1.53. The van der Waals surface area contributed by atoms with Crippen LogP contribution in [-0.4, -0.2) is 23.0 Å². The maximum Gasteiger partial charge on any atom is 0.202 e. The van der Waals surface area contributed by atoms with Crippen LogP contribution in [0.2, 0.25) is 0 Å². The zero-order chi connectivity index (χ0) is 14.3. The minimum absolute atomic E-state index is 0.0307. The van der Waals surface area contributed by atoms with Crippen molar-refractivity contribution in [2.45, 2.75) is 39.4 Å². The van der Waals surface area contributed by atoms with Crippen LogP contribution < -0.4 is 0 Å². The molecule has 2 heterocycles. The van der Waals surface area contributed by atoms with Gasteiger partial charge in [0.05, 0.1) is 18.6 Å². The Morgan fingerprint density at radius 3 is 2.60 bits per heavy atom. The van der Waals surface area contributed by atoms with Crippen LogP contribution in [0.15, 0.2) is 28.7 Å². The molecule has 0 amide bonds. The smallest absolute Gasteiger partial charge is 0.202 e. The third-order valence-electron chi connectivity index (χ3n) is 4.28. The van der Waals surface area contributed by atoms with Gasteiger partial charge in [0.25, 0.3) is 0 Å². The molecule has 4 atom stereocenters. The molecule has 0 saturated carbocycles. The van der Waals surface area contributed by atoms with E-state index in [4.69, 9.17) is 9.15 Å². The first-order valence-electron chi connectivity index (χ1n) is 7.09. The predicted molar refractivity (Wildman–Crippen MR) is 75.4 cm³/mol. The molecule has 106 valence electrons. The van der Waals surface area contributed by atoms with Gasteiger partial charge in [-0.1, -0.05) is 19.1 Å². The lowest BCUT2D eigenvalue weighted by atomic mass is 9.85. The minimum atomic E-state index is -0.0694. The Kier molecular flexibility index (Phi) is 3.34. The van der Waals surface area contributed by atoms with E-state index < -0.39 is 0 Å². The molecule has 0 radical (unpaired) electrons. The van der Waals surface area contributed by atoms with Crippen LogP contribution in [0.3, 0.4) is 0 Å². The van der Waals surface area contributed by atoms with E-state index in [1.165, 1.54) is 0 Å². The molecule has 1 aliphatic heterocycles. The Morgan fingerprint density at radius 2 is 1.95 bits per heavy atom. The van der Waals surface area contributed by atoms with Crippen LogP contribution >= 0.6 is 0 Å². The molecule has 20 heavy (non-hydrogen) atoms. The second-order valence-corrected chi connectivity index (χ2v) is 5.65. The lowest BCUT2D eigenvalue weighted by Crippen LogP contribution is -2.28. The summed E-state index contributed by atoms with van der Waals surface area (Å²) in [6.07, 6.45) is 0.337. The number of rotatable bonds is 3. The van der Waals surface area contributed by atoms with E-state index in [0.29, 0.717) is 5.89 Å². The Morgan fingerprint density at radius 1 is 1.20 bits per heavy atom. The predicted octanol–water partition coefficient (Wildman–Crippen LogP) is 3.00. The number of ether oxygens (including phenoxy) is 1. The fourth-order valence-electron chi connectivity index (χ4n) is 3.08. The van der Waals surface area contributed by atoms with Crippen LogP contribution in [0.4, 0.5) is 0 Å². The molecule has 1 aromatic heterocycles. The van der Waals surface area contributed by atoms with Gasteiger partial charge in [-0.15, -0.1) is 0 Å². The van der Waals surface area contributed by atoms with Crippen molar-refractivity contribution >= 4 is 16.9 Å². The number of fused-ring (bicyclic) bond motifs is 1. The Bertz CT molecular complexity index is 600. The summed E-state index contributed by atoms with van der Waals surface area (Å²) in [6, 6.07) is 7.56. The molecule has 1 aliphatic rings. The standard InChI is InChI=1S/C16H19NO3/c1-9-10(2)19-11(3)16(9)13(18)8-15-17-12-6-4-5-7-14(12)20-15/h4-7,9-11,16H,8H2,1-3H3. The molecule has 0 N–H and O–H groups in total. The van der Waals surface area contributed by atoms with Gasteiger partial charge >= 0.3 is 0 Å². The van der Waals surface area contributed by atoms with Crippen LogP contribution in [0, 0.1) is 11.8 Å². The summed E-state index contributed by atoms with van der Waals surface area (Å²) in [7, 11) is 0. The van der Waals surface area contributed by atoms with Gasteiger partial charge in [0.15, 0.2) is 5.58 Å². The first-order chi connectivity index (χ1) is 9.56. The summed E-state index contributed by atoms with van der Waals surface area (Å²) in [4.78, 5) is 16.8. The topological polar surface area (TPSA) is 52.3 Å². The van der Waals surface area contributed by atoms with Crippen molar-refractivity contribution in [2.75, 3.05) is 0 Å². The lowest BCUT2D eigenvalue weighted by molar-refractivity contribution is -0.124. The van der Waals surface area contributed by atoms with Gasteiger partial charge in [0.2, 0.25) is 5.89 Å². The summed E-state index contributed by atoms with van der Waals surface area (Å²) in [6.45, 7) is 6.06. The minimum Gasteiger partial charge on any atom is -0.440 e. The van der Waals surface area contributed by atoms with Crippen LogP contribution in [0.5, 0.6) is 0 Å². The summed E-state index contributed by atoms with van der Waals surface area (Å²) < 4.78 is 11.4. The summed E-state index contributed by atoms with van der Waals surface area (Å²) in [5, 5.41) is 0. The number of nitrogens with zero attached hydrogens (tertiary/aromatic N) is 1. The third-order valence-corrected chi connectivity index (χ3v) is 4.28. The molecule has 0 aliphatic carbocycles. The Balaban J connectivity index is 1.78. The highest BCUT2D eigenvalue weighted by Crippen LogP contribution is 2.33. The second-order valence-electron chi connectivity index (χ2n) is 5.65. The number of aromatic nitrogens is 1. The van der Waals surface area contributed by atoms with E-state index >= 15 is 0 Å². The number of Topliss-reactive ketones (excluding diaryl/α,β-unsaturated/α-hetero) is 1. The van der Waals surface area contributed by atoms with E-state index in [9.17, 15) is 4.79 Å². The van der Waals surface area contributed by atoms with Gasteiger partial charge in [-0.25, -0.2) is 4.98 Å². The van der Waals surface area contributed by atoms with Gasteiger partial charge in [0, 0.05) is 5.92 Å². The maximum absolute atomic E-state index is 12.5. The average Bonchev–Trinajstić information content (AvgIpc) is 2.90. The quantitative estimate of drug-likeness (QED) is 0.862. The third kappa shape index (κ3) is 2.24. The van der Waals surface area contributed by atoms with Crippen LogP contribution in [0.25, 0.3) is 11.1 Å². The van der Waals surface area contributed by atoms with Gasteiger partial charge in [-0.3, -0.25) is 4.79 Å². The highest BCUT2D eigenvalue weighted by atomic mass is 16.5. The largest absolute Gasteiger partial charge is 0.440 e. The van der Waals surface area contributed by atoms with Crippen molar-refractivity contribution in [1.29, 1.82) is 0 Å². The van der Waals surface area contributed by atoms with Crippen molar-refractivity contribution in [3.8, 4) is 0 Å². The molecule has 0 spiro atoms. The molecule has 1 saturated heterocycles. The molecule has 1 fully saturated rings. The molecule has 4 nitrogen and oxygen atoms in total. The molecule has 4 unspecified atom stereocenters. The number of hydrogen-bond donors (Lipinski definition) is 0. The van der Waals surface area contributed by atoms with Crippen molar-refractivity contribution < 1.29 is 13.9 Å². The highest BCUT2D eigenvalue weighted by molar-refractivity contribution is 5.84. The summed E-state index contributed by atoms with van der Waals surface area (Å²) >= 11 is 0. The monoisotopic (exact) mass is 273 g/mol. The number of carbonyl (C=O) groups excluding carboxylic acids is 1. The maximum atomic E-state index is 12.5. The number of oxazole rings is 1. The van der Waals surface area contributed by atoms with Crippen molar-refractivity contribution in [3.63, 3.8) is 0 Å². The van der Waals surface area contributed by atoms with E-state index in [0.717, 1.165) is 11.1 Å². The number of hydrogen-bond acceptors (Lipinski definition) is 4. The molecular formula is C16H19NO3. The molecule has 2 aromatic rings. The molecule has 4 heteroatoms. The van der Waals surface area contributed by atoms with Crippen molar-refractivity contribution in [1.82, 2.24) is 4.98 Å². The fourth-order valence-corrected chi connectivity index (χ4v) is 3.08. The highest BCUT2D eigenvalue weighted by Gasteiger charge is 2.41. The van der Waals surface area contributed by atoms with Gasteiger partial charge < -0.3 is 9.15 Å². The van der Waals surface area contributed by atoms with Gasteiger partial charge in [-0.2, -0.15) is 0 Å². The number of ketones is 1. The molecule has 1 aromatic carbocycles. The van der Waals surface area contributed by atoms with Gasteiger partial charge in [0.1, 0.15) is 11.3 Å². The SMILES string of the molecule is CC1OC(C)C(C(=O)Cc2nc3ccccc3o2)C1C. The first kappa shape index (κ1) is 13.3. The zero-order valence-corrected chi connectivity index (χ0v) is 12.0. The zero-order valence-electron chi connectivity index (χ0n) is 12.0. The Hall–Kier alpha value is -1.68. The lowest BCUT2D eigenvalue weighted by Gasteiger charge is -2.15. The summed E-state index contributed by atoms with van der Waals surface area (Å²) in [5.74, 6) is 0.818. The second kappa shape index (κ2) is 5.02. The number of benzene rings is 1. The van der Waals surface area contributed by atoms with Crippen LogP contribution in [0.1, 0.15) is 26.7 Å². The number of para-hydroxylation sites is 2. The van der Waals surface area contributed by atoms with Crippen LogP contribution in [-0.2, 0) is 16.0 Å². The molecule has 0 bridgehead atoms. The van der Waals surface area contributed by atoms with E-state index in [1.807, 2.05) is 38.1 Å². The molecule has 3 rings (SSSR count). The average molecular weight is 273 g/mol. The number of carbonyl (C=O) groups is 1. The first-order valence-corrected chi connectivity index (χ1v) is 7.09. The van der Waals surface area contributed by atoms with Crippen molar-refractivity contribution in [3.05, 3.63) is 30.2 Å². The molecular weight excluding hydrogens is 254 g/mol. The van der Waals surface area contributed by atoms with Crippen molar-refractivity contribution in [2.24, 2.45) is 11.8 Å². The van der Waals surface area contributed by atoms with Gasteiger partial charge in [-0.05, 0) is 31.9 Å². The fraction of sp³-hybridized carbons (Fsp3) is 0.500. The van der Waals surface area contributed by atoms with E-state index in [2.05, 4.69) is 11.9 Å².